The summed E-state index contributed by atoms with van der Waals surface area (Å²) in [5.74, 6) is 0. The predicted molar refractivity (Wildman–Crippen MR) is 78.1 cm³/mol. The van der Waals surface area contributed by atoms with Crippen LogP contribution in [0, 0.1) is 0 Å². The molecule has 20 heavy (non-hydrogen) atoms. The van der Waals surface area contributed by atoms with Crippen molar-refractivity contribution in [2.75, 3.05) is 6.26 Å². The van der Waals surface area contributed by atoms with Crippen LogP contribution < -0.4 is 0 Å². The van der Waals surface area contributed by atoms with Crippen LogP contribution in [0.4, 0.5) is 0 Å². The zero-order valence-corrected chi connectivity index (χ0v) is 12.1. The van der Waals surface area contributed by atoms with Crippen LogP contribution in [0.3, 0.4) is 0 Å². The van der Waals surface area contributed by atoms with Crippen LogP contribution in [-0.2, 0) is 15.4 Å². The molecule has 0 saturated heterocycles. The Morgan fingerprint density at radius 1 is 1.30 bits per heavy atom. The summed E-state index contributed by atoms with van der Waals surface area (Å²) in [6.07, 6.45) is 6.20. The summed E-state index contributed by atoms with van der Waals surface area (Å²) in [7, 11) is -3.30. The van der Waals surface area contributed by atoms with Crippen LogP contribution in [0.1, 0.15) is 24.8 Å². The maximum Gasteiger partial charge on any atom is 0.153 e. The van der Waals surface area contributed by atoms with Crippen molar-refractivity contribution in [2.45, 2.75) is 30.1 Å². The number of rotatable bonds is 2. The Morgan fingerprint density at radius 2 is 2.05 bits per heavy atom. The van der Waals surface area contributed by atoms with Crippen molar-refractivity contribution in [3.05, 3.63) is 42.2 Å². The van der Waals surface area contributed by atoms with Crippen LogP contribution in [-0.4, -0.2) is 30.0 Å². The number of pyridine rings is 1. The molecule has 1 saturated carbocycles. The standard InChI is InChI=1S/C15H17NO3S/c1-20(18,19)14-7-4-8-15(14,17)13-10-16-9-11-5-2-3-6-12(11)13/h2-3,5-6,9-10,14,17H,4,7-8H2,1H3. The molecule has 1 aromatic carbocycles. The van der Waals surface area contributed by atoms with Gasteiger partial charge in [-0.25, -0.2) is 8.42 Å². The first-order chi connectivity index (χ1) is 9.43. The molecule has 0 bridgehead atoms. The molecule has 0 aliphatic heterocycles. The summed E-state index contributed by atoms with van der Waals surface area (Å²) in [4.78, 5) is 4.16. The molecule has 2 unspecified atom stereocenters. The number of aliphatic hydroxyl groups is 1. The number of hydrogen-bond acceptors (Lipinski definition) is 4. The van der Waals surface area contributed by atoms with Gasteiger partial charge in [0.1, 0.15) is 5.60 Å². The largest absolute Gasteiger partial charge is 0.384 e. The summed E-state index contributed by atoms with van der Waals surface area (Å²) >= 11 is 0. The molecule has 1 heterocycles. The zero-order chi connectivity index (χ0) is 14.4. The first-order valence-corrected chi connectivity index (χ1v) is 8.63. The van der Waals surface area contributed by atoms with Crippen LogP contribution in [0.5, 0.6) is 0 Å². The van der Waals surface area contributed by atoms with E-state index in [4.69, 9.17) is 0 Å². The van der Waals surface area contributed by atoms with E-state index in [1.807, 2.05) is 24.3 Å². The average Bonchev–Trinajstić information content (AvgIpc) is 2.81. The molecule has 5 heteroatoms. The van der Waals surface area contributed by atoms with Crippen LogP contribution >= 0.6 is 0 Å². The Morgan fingerprint density at radius 3 is 2.80 bits per heavy atom. The van der Waals surface area contributed by atoms with Crippen LogP contribution in [0.15, 0.2) is 36.7 Å². The second-order valence-electron chi connectivity index (χ2n) is 5.54. The number of nitrogens with zero attached hydrogens (tertiary/aromatic N) is 1. The van der Waals surface area contributed by atoms with E-state index in [-0.39, 0.29) is 0 Å². The van der Waals surface area contributed by atoms with Crippen molar-refractivity contribution >= 4 is 20.6 Å². The van der Waals surface area contributed by atoms with Crippen molar-refractivity contribution in [1.82, 2.24) is 4.98 Å². The Hall–Kier alpha value is -1.46. The maximum absolute atomic E-state index is 12.0. The molecule has 2 atom stereocenters. The second kappa shape index (κ2) is 4.53. The van der Waals surface area contributed by atoms with Gasteiger partial charge in [0.2, 0.25) is 0 Å². The molecule has 1 aliphatic rings. The van der Waals surface area contributed by atoms with Gasteiger partial charge in [0.05, 0.1) is 5.25 Å². The van der Waals surface area contributed by atoms with E-state index in [2.05, 4.69) is 4.98 Å². The van der Waals surface area contributed by atoms with Gasteiger partial charge in [-0.15, -0.1) is 0 Å². The van der Waals surface area contributed by atoms with Crippen molar-refractivity contribution in [3.8, 4) is 0 Å². The Labute approximate surface area is 118 Å². The molecule has 3 rings (SSSR count). The summed E-state index contributed by atoms with van der Waals surface area (Å²) in [5.41, 5.74) is -0.704. The van der Waals surface area contributed by atoms with Crippen molar-refractivity contribution < 1.29 is 13.5 Å². The van der Waals surface area contributed by atoms with E-state index in [0.717, 1.165) is 10.8 Å². The minimum Gasteiger partial charge on any atom is -0.384 e. The first-order valence-electron chi connectivity index (χ1n) is 6.67. The molecule has 0 radical (unpaired) electrons. The second-order valence-corrected chi connectivity index (χ2v) is 7.77. The van der Waals surface area contributed by atoms with E-state index >= 15 is 0 Å². The van der Waals surface area contributed by atoms with Gasteiger partial charge in [0.15, 0.2) is 9.84 Å². The maximum atomic E-state index is 12.0. The van der Waals surface area contributed by atoms with Gasteiger partial charge in [-0.3, -0.25) is 4.98 Å². The minimum atomic E-state index is -3.30. The number of sulfone groups is 1. The first kappa shape index (κ1) is 13.5. The number of aromatic nitrogens is 1. The highest BCUT2D eigenvalue weighted by atomic mass is 32.2. The number of hydrogen-bond donors (Lipinski definition) is 1. The molecule has 0 amide bonds. The highest BCUT2D eigenvalue weighted by molar-refractivity contribution is 7.91. The fourth-order valence-electron chi connectivity index (χ4n) is 3.29. The molecular formula is C15H17NO3S. The van der Waals surface area contributed by atoms with Crippen molar-refractivity contribution in [2.24, 2.45) is 0 Å². The third-order valence-corrected chi connectivity index (χ3v) is 5.87. The van der Waals surface area contributed by atoms with E-state index in [1.54, 1.807) is 12.4 Å². The summed E-state index contributed by atoms with van der Waals surface area (Å²) < 4.78 is 24.0. The summed E-state index contributed by atoms with van der Waals surface area (Å²) in [6.45, 7) is 0. The van der Waals surface area contributed by atoms with Gasteiger partial charge >= 0.3 is 0 Å². The fourth-order valence-corrected chi connectivity index (χ4v) is 4.84. The lowest BCUT2D eigenvalue weighted by atomic mass is 9.89. The van der Waals surface area contributed by atoms with E-state index < -0.39 is 20.7 Å². The zero-order valence-electron chi connectivity index (χ0n) is 11.3. The third kappa shape index (κ3) is 2.01. The van der Waals surface area contributed by atoms with Crippen molar-refractivity contribution in [3.63, 3.8) is 0 Å². The van der Waals surface area contributed by atoms with Crippen LogP contribution in [0.25, 0.3) is 10.8 Å². The highest BCUT2D eigenvalue weighted by Gasteiger charge is 2.48. The van der Waals surface area contributed by atoms with Crippen molar-refractivity contribution in [1.29, 1.82) is 0 Å². The van der Waals surface area contributed by atoms with E-state index in [0.29, 0.717) is 24.8 Å². The SMILES string of the molecule is CS(=O)(=O)C1CCCC1(O)c1cncc2ccccc12. The molecule has 1 fully saturated rings. The molecular weight excluding hydrogens is 274 g/mol. The molecule has 1 aliphatic carbocycles. The van der Waals surface area contributed by atoms with Gasteiger partial charge in [0.25, 0.3) is 0 Å². The van der Waals surface area contributed by atoms with Gasteiger partial charge in [-0.2, -0.15) is 0 Å². The Balaban J connectivity index is 2.24. The monoisotopic (exact) mass is 291 g/mol. The van der Waals surface area contributed by atoms with Gasteiger partial charge in [-0.05, 0) is 24.6 Å². The molecule has 1 aromatic heterocycles. The van der Waals surface area contributed by atoms with Gasteiger partial charge in [-0.1, -0.05) is 24.3 Å². The summed E-state index contributed by atoms with van der Waals surface area (Å²) in [6, 6.07) is 7.61. The average molecular weight is 291 g/mol. The Bertz CT molecular complexity index is 751. The number of fused-ring (bicyclic) bond motifs is 1. The van der Waals surface area contributed by atoms with E-state index in [9.17, 15) is 13.5 Å². The van der Waals surface area contributed by atoms with E-state index in [1.165, 1.54) is 6.26 Å². The lowest BCUT2D eigenvalue weighted by molar-refractivity contribution is 0.0489. The minimum absolute atomic E-state index is 0.459. The summed E-state index contributed by atoms with van der Waals surface area (Å²) in [5, 5.41) is 12.1. The smallest absolute Gasteiger partial charge is 0.153 e. The number of benzene rings is 1. The predicted octanol–water partition coefficient (Wildman–Crippen LogP) is 2.02. The fraction of sp³-hybridized carbons (Fsp3) is 0.400. The van der Waals surface area contributed by atoms with Gasteiger partial charge < -0.3 is 5.11 Å². The Kier molecular flexibility index (Phi) is 3.06. The normalized spacial score (nSPS) is 27.0. The molecule has 4 nitrogen and oxygen atoms in total. The molecule has 2 aromatic rings. The topological polar surface area (TPSA) is 67.3 Å². The quantitative estimate of drug-likeness (QED) is 0.919. The highest BCUT2D eigenvalue weighted by Crippen LogP contribution is 2.44. The van der Waals surface area contributed by atoms with Crippen LogP contribution in [0.2, 0.25) is 0 Å². The lowest BCUT2D eigenvalue weighted by Crippen LogP contribution is -2.39. The van der Waals surface area contributed by atoms with Gasteiger partial charge in [0, 0.05) is 29.6 Å². The molecule has 1 N–H and O–H groups in total. The molecule has 0 spiro atoms. The third-order valence-electron chi connectivity index (χ3n) is 4.21. The molecule has 106 valence electrons. The lowest BCUT2D eigenvalue weighted by Gasteiger charge is -2.30.